The van der Waals surface area contributed by atoms with Gasteiger partial charge in [0, 0.05) is 18.4 Å². The number of carbonyl (C=O) groups is 4. The van der Waals surface area contributed by atoms with Crippen molar-refractivity contribution < 1.29 is 32.3 Å². The minimum atomic E-state index is -3.86. The number of ether oxygens (including phenoxy) is 1. The van der Waals surface area contributed by atoms with Gasteiger partial charge in [-0.3, -0.25) is 19.1 Å². The number of carbonyl (C=O) groups excluding carboxylic acids is 4. The molecule has 2 saturated carbocycles. The van der Waals surface area contributed by atoms with Crippen LogP contribution in [0.1, 0.15) is 71.8 Å². The first-order chi connectivity index (χ1) is 22.5. The van der Waals surface area contributed by atoms with Gasteiger partial charge in [0.15, 0.2) is 0 Å². The van der Waals surface area contributed by atoms with Crippen molar-refractivity contribution in [2.75, 3.05) is 6.54 Å². The van der Waals surface area contributed by atoms with Gasteiger partial charge in [-0.2, -0.15) is 0 Å². The van der Waals surface area contributed by atoms with Crippen molar-refractivity contribution in [3.05, 3.63) is 72.8 Å². The van der Waals surface area contributed by atoms with Crippen LogP contribution in [0.2, 0.25) is 0 Å². The molecule has 1 saturated heterocycles. The highest BCUT2D eigenvalue weighted by molar-refractivity contribution is 7.91. The average molecular weight is 679 g/mol. The summed E-state index contributed by atoms with van der Waals surface area (Å²) in [5, 5.41) is 4.91. The molecule has 5 atom stereocenters. The maximum Gasteiger partial charge on any atom is 0.408 e. The molecule has 3 fully saturated rings. The molecule has 1 aliphatic heterocycles. The number of sulfonamides is 1. The number of hydrogen-bond acceptors (Lipinski definition) is 7. The van der Waals surface area contributed by atoms with E-state index in [1.165, 1.54) is 11.0 Å². The quantitative estimate of drug-likeness (QED) is 0.301. The van der Waals surface area contributed by atoms with Crippen LogP contribution in [0.3, 0.4) is 0 Å². The van der Waals surface area contributed by atoms with Gasteiger partial charge in [0.05, 0.1) is 5.25 Å². The van der Waals surface area contributed by atoms with Gasteiger partial charge in [-0.05, 0) is 69.1 Å². The molecule has 2 aliphatic carbocycles. The number of nitrogens with zero attached hydrogens (tertiary/aromatic N) is 1. The molecule has 48 heavy (non-hydrogen) atoms. The van der Waals surface area contributed by atoms with Gasteiger partial charge in [0.2, 0.25) is 21.8 Å². The number of rotatable bonds is 11. The van der Waals surface area contributed by atoms with E-state index >= 15 is 0 Å². The lowest BCUT2D eigenvalue weighted by molar-refractivity contribution is -0.141. The topological polar surface area (TPSA) is 151 Å². The Labute approximate surface area is 282 Å². The van der Waals surface area contributed by atoms with Crippen molar-refractivity contribution in [1.82, 2.24) is 20.3 Å². The van der Waals surface area contributed by atoms with Crippen molar-refractivity contribution in [3.63, 3.8) is 0 Å². The molecule has 1 heterocycles. The number of hydrogen-bond donors (Lipinski definition) is 3. The zero-order valence-corrected chi connectivity index (χ0v) is 29.0. The number of likely N-dealkylation sites (tertiary alicyclic amines) is 1. The fraction of sp³-hybridized carbons (Fsp3) is 0.500. The van der Waals surface area contributed by atoms with E-state index in [1.807, 2.05) is 54.6 Å². The summed E-state index contributed by atoms with van der Waals surface area (Å²) in [6, 6.07) is 15.9. The van der Waals surface area contributed by atoms with Crippen molar-refractivity contribution in [1.29, 1.82) is 0 Å². The molecule has 0 radical (unpaired) electrons. The highest BCUT2D eigenvalue weighted by Gasteiger charge is 2.62. The lowest BCUT2D eigenvalue weighted by Crippen LogP contribution is -2.59. The molecule has 0 unspecified atom stereocenters. The van der Waals surface area contributed by atoms with E-state index in [0.29, 0.717) is 12.8 Å². The minimum absolute atomic E-state index is 0.189. The second-order valence-corrected chi connectivity index (χ2v) is 16.4. The molecule has 258 valence electrons. The highest BCUT2D eigenvalue weighted by atomic mass is 32.2. The van der Waals surface area contributed by atoms with Gasteiger partial charge < -0.3 is 20.3 Å². The molecule has 0 bridgehead atoms. The highest BCUT2D eigenvalue weighted by Crippen LogP contribution is 2.46. The van der Waals surface area contributed by atoms with Gasteiger partial charge in [0.1, 0.15) is 23.2 Å². The Morgan fingerprint density at radius 3 is 2.17 bits per heavy atom. The third kappa shape index (κ3) is 7.75. The van der Waals surface area contributed by atoms with Crippen LogP contribution in [0.25, 0.3) is 11.1 Å². The minimum Gasteiger partial charge on any atom is -0.444 e. The third-order valence-corrected chi connectivity index (χ3v) is 11.0. The summed E-state index contributed by atoms with van der Waals surface area (Å²) >= 11 is 0. The second kappa shape index (κ2) is 13.4. The molecule has 3 N–H and O–H groups in total. The van der Waals surface area contributed by atoms with Crippen LogP contribution in [0.4, 0.5) is 4.79 Å². The van der Waals surface area contributed by atoms with E-state index < -0.39 is 68.2 Å². The van der Waals surface area contributed by atoms with E-state index in [-0.39, 0.29) is 31.2 Å². The van der Waals surface area contributed by atoms with Crippen molar-refractivity contribution in [3.8, 4) is 11.1 Å². The summed E-state index contributed by atoms with van der Waals surface area (Å²) in [6.45, 7) is 12.7. The molecular weight excluding hydrogens is 632 g/mol. The average Bonchev–Trinajstić information content (AvgIpc) is 3.95. The Hall–Kier alpha value is -4.19. The first-order valence-corrected chi connectivity index (χ1v) is 18.1. The van der Waals surface area contributed by atoms with Gasteiger partial charge in [-0.25, -0.2) is 13.2 Å². The monoisotopic (exact) mass is 678 g/mol. The largest absolute Gasteiger partial charge is 0.444 e. The fourth-order valence-electron chi connectivity index (χ4n) is 6.29. The van der Waals surface area contributed by atoms with Gasteiger partial charge >= 0.3 is 6.09 Å². The molecule has 0 aromatic heterocycles. The maximum atomic E-state index is 14.2. The summed E-state index contributed by atoms with van der Waals surface area (Å²) in [5.74, 6) is -2.86. The molecule has 3 aliphatic rings. The fourth-order valence-corrected chi connectivity index (χ4v) is 7.66. The Kier molecular flexibility index (Phi) is 9.79. The lowest BCUT2D eigenvalue weighted by atomic mass is 9.94. The molecular formula is C36H46N4O7S. The SMILES string of the molecule is C=C[C@@H]1C[C@]1(NC(=O)[C@@H]1C[C@@H](c2ccc(-c3ccccc3)cc2)CN1C(=O)[C@@H](NC(=O)OC(C)(C)C)C(C)C)C(=O)NS(=O)(=O)C1CC1. The third-order valence-electron chi connectivity index (χ3n) is 9.23. The smallest absolute Gasteiger partial charge is 0.408 e. The molecule has 2 aromatic rings. The predicted octanol–water partition coefficient (Wildman–Crippen LogP) is 4.26. The molecule has 11 nitrogen and oxygen atoms in total. The number of nitrogens with one attached hydrogen (secondary N) is 3. The maximum absolute atomic E-state index is 14.2. The summed E-state index contributed by atoms with van der Waals surface area (Å²) in [4.78, 5) is 56.0. The number of amides is 4. The summed E-state index contributed by atoms with van der Waals surface area (Å²) in [6.07, 6.45) is 2.19. The van der Waals surface area contributed by atoms with E-state index in [2.05, 4.69) is 21.9 Å². The van der Waals surface area contributed by atoms with Crippen LogP contribution in [0, 0.1) is 11.8 Å². The first kappa shape index (κ1) is 35.1. The van der Waals surface area contributed by atoms with E-state index in [1.54, 1.807) is 34.6 Å². The normalized spacial score (nSPS) is 24.4. The molecule has 0 spiro atoms. The van der Waals surface area contributed by atoms with E-state index in [0.717, 1.165) is 16.7 Å². The lowest BCUT2D eigenvalue weighted by Gasteiger charge is -2.32. The van der Waals surface area contributed by atoms with Crippen LogP contribution in [0.5, 0.6) is 0 Å². The van der Waals surface area contributed by atoms with Crippen molar-refractivity contribution in [2.24, 2.45) is 11.8 Å². The second-order valence-electron chi connectivity index (χ2n) is 14.5. The Morgan fingerprint density at radius 2 is 1.62 bits per heavy atom. The number of benzene rings is 2. The predicted molar refractivity (Wildman–Crippen MR) is 182 cm³/mol. The van der Waals surface area contributed by atoms with Crippen LogP contribution in [-0.4, -0.2) is 72.2 Å². The van der Waals surface area contributed by atoms with Crippen LogP contribution in [-0.2, 0) is 29.1 Å². The zero-order chi connectivity index (χ0) is 35.0. The molecule has 4 amide bonds. The van der Waals surface area contributed by atoms with E-state index in [9.17, 15) is 27.6 Å². The summed E-state index contributed by atoms with van der Waals surface area (Å²) < 4.78 is 32.8. The van der Waals surface area contributed by atoms with Crippen molar-refractivity contribution >= 4 is 33.8 Å². The first-order valence-electron chi connectivity index (χ1n) is 16.5. The number of alkyl carbamates (subject to hydrolysis) is 1. The summed E-state index contributed by atoms with van der Waals surface area (Å²) in [5.41, 5.74) is 0.750. The van der Waals surface area contributed by atoms with E-state index in [4.69, 9.17) is 4.74 Å². The van der Waals surface area contributed by atoms with Gasteiger partial charge in [-0.15, -0.1) is 6.58 Å². The summed E-state index contributed by atoms with van der Waals surface area (Å²) in [7, 11) is -3.86. The Balaban J connectivity index is 1.41. The van der Waals surface area contributed by atoms with Gasteiger partial charge in [0.25, 0.3) is 5.91 Å². The standard InChI is InChI=1S/C36H46N4O7S/c1-7-27-20-36(27,33(43)39-48(45,46)28-17-18-28)38-31(41)29-19-26(25-15-13-24(14-16-25)23-11-9-8-10-12-23)21-40(29)32(42)30(22(2)3)37-34(44)47-35(4,5)6/h7-16,22,26-30H,1,17-21H2,2-6H3,(H,37,44)(H,38,41)(H,39,43)/t26-,27-,29+,30+,36-/m1/s1. The van der Waals surface area contributed by atoms with Gasteiger partial charge in [-0.1, -0.05) is 74.5 Å². The zero-order valence-electron chi connectivity index (χ0n) is 28.2. The molecule has 5 rings (SSSR count). The van der Waals surface area contributed by atoms with Crippen LogP contribution < -0.4 is 15.4 Å². The molecule has 2 aromatic carbocycles. The Bertz CT molecular complexity index is 1670. The Morgan fingerprint density at radius 1 is 1.00 bits per heavy atom. The molecule has 12 heteroatoms. The van der Waals surface area contributed by atoms with Crippen LogP contribution >= 0.6 is 0 Å². The van der Waals surface area contributed by atoms with Crippen molar-refractivity contribution in [2.45, 2.75) is 94.7 Å². The van der Waals surface area contributed by atoms with Crippen LogP contribution in [0.15, 0.2) is 67.3 Å².